The fourth-order valence-corrected chi connectivity index (χ4v) is 4.71. The number of aryl methyl sites for hydroxylation is 2. The summed E-state index contributed by atoms with van der Waals surface area (Å²) in [7, 11) is 0. The van der Waals surface area contributed by atoms with E-state index in [-0.39, 0.29) is 5.91 Å². The van der Waals surface area contributed by atoms with Gasteiger partial charge in [-0.3, -0.25) is 9.48 Å². The van der Waals surface area contributed by atoms with Crippen LogP contribution in [0.4, 0.5) is 0 Å². The Labute approximate surface area is 201 Å². The number of amides is 1. The summed E-state index contributed by atoms with van der Waals surface area (Å²) in [6.45, 7) is 7.68. The number of carbonyl (C=O) groups is 1. The number of nitrogens with zero attached hydrogens (tertiary/aromatic N) is 2. The summed E-state index contributed by atoms with van der Waals surface area (Å²) in [5.41, 5.74) is 9.89. The van der Waals surface area contributed by atoms with E-state index in [4.69, 9.17) is 5.73 Å². The van der Waals surface area contributed by atoms with Gasteiger partial charge in [-0.05, 0) is 59.9 Å². The van der Waals surface area contributed by atoms with Crippen molar-refractivity contribution in [2.75, 3.05) is 26.2 Å². The van der Waals surface area contributed by atoms with Crippen molar-refractivity contribution in [1.29, 1.82) is 0 Å². The molecule has 3 aromatic carbocycles. The van der Waals surface area contributed by atoms with E-state index >= 15 is 0 Å². The van der Waals surface area contributed by atoms with Crippen molar-refractivity contribution < 1.29 is 4.79 Å². The van der Waals surface area contributed by atoms with Crippen molar-refractivity contribution in [2.24, 2.45) is 5.73 Å². The zero-order valence-electron chi connectivity index (χ0n) is 20.2. The van der Waals surface area contributed by atoms with Gasteiger partial charge in [-0.25, -0.2) is 0 Å². The highest BCUT2D eigenvalue weighted by Gasteiger charge is 2.15. The highest BCUT2D eigenvalue weighted by atomic mass is 16.1. The summed E-state index contributed by atoms with van der Waals surface area (Å²) in [5, 5.41) is 16.2. The number of carbonyl (C=O) groups excluding carboxylic acids is 1. The summed E-state index contributed by atoms with van der Waals surface area (Å²) in [4.78, 5) is 12.7. The molecule has 4 aromatic rings. The molecule has 0 radical (unpaired) electrons. The second-order valence-corrected chi connectivity index (χ2v) is 8.84. The van der Waals surface area contributed by atoms with Crippen LogP contribution in [0.5, 0.6) is 0 Å². The Morgan fingerprint density at radius 2 is 1.62 bits per heavy atom. The molecule has 1 amide bonds. The Morgan fingerprint density at radius 3 is 2.29 bits per heavy atom. The molecule has 0 fully saturated rings. The zero-order valence-corrected chi connectivity index (χ0v) is 20.2. The number of nitrogens with two attached hydrogens (primary N) is 1. The predicted octanol–water partition coefficient (Wildman–Crippen LogP) is 3.65. The summed E-state index contributed by atoms with van der Waals surface area (Å²) in [6, 6.07) is 19.4. The first-order valence-corrected chi connectivity index (χ1v) is 12.2. The molecule has 178 valence electrons. The van der Waals surface area contributed by atoms with Crippen LogP contribution in [-0.4, -0.2) is 41.9 Å². The molecule has 0 atom stereocenters. The molecule has 0 unspecified atom stereocenters. The standard InChI is InChI=1S/C28H35N5O/c1-20-27(21(2)33(32-20)17-16-30-15-13-29)19-28(34)31-14-7-12-26-24-10-5-3-8-22(24)18-23-9-4-6-11-25(23)26/h3-6,8-11,18,30H,7,12-17,19,29H2,1-2H3,(H,31,34). The summed E-state index contributed by atoms with van der Waals surface area (Å²) >= 11 is 0. The Morgan fingerprint density at radius 1 is 0.941 bits per heavy atom. The Bertz CT molecular complexity index is 1220. The van der Waals surface area contributed by atoms with Gasteiger partial charge in [0.05, 0.1) is 18.7 Å². The summed E-state index contributed by atoms with van der Waals surface area (Å²) in [6.07, 6.45) is 2.19. The molecule has 0 bridgehead atoms. The van der Waals surface area contributed by atoms with E-state index in [0.717, 1.165) is 49.4 Å². The van der Waals surface area contributed by atoms with Gasteiger partial charge in [0.25, 0.3) is 0 Å². The van der Waals surface area contributed by atoms with Crippen molar-refractivity contribution in [1.82, 2.24) is 20.4 Å². The van der Waals surface area contributed by atoms with Crippen LogP contribution in [0.2, 0.25) is 0 Å². The molecule has 34 heavy (non-hydrogen) atoms. The fourth-order valence-electron chi connectivity index (χ4n) is 4.71. The summed E-state index contributed by atoms with van der Waals surface area (Å²) in [5.74, 6) is 0.0507. The molecular formula is C28H35N5O. The third-order valence-corrected chi connectivity index (χ3v) is 6.50. The molecule has 1 heterocycles. The monoisotopic (exact) mass is 457 g/mol. The average Bonchev–Trinajstić information content (AvgIpc) is 3.11. The van der Waals surface area contributed by atoms with Crippen LogP contribution >= 0.6 is 0 Å². The molecule has 6 nitrogen and oxygen atoms in total. The van der Waals surface area contributed by atoms with E-state index in [9.17, 15) is 4.79 Å². The van der Waals surface area contributed by atoms with Crippen LogP contribution in [-0.2, 0) is 24.2 Å². The van der Waals surface area contributed by atoms with Crippen molar-refractivity contribution in [3.8, 4) is 0 Å². The molecule has 0 saturated carbocycles. The van der Waals surface area contributed by atoms with E-state index in [0.29, 0.717) is 19.5 Å². The fraction of sp³-hybridized carbons (Fsp3) is 0.357. The van der Waals surface area contributed by atoms with E-state index in [1.165, 1.54) is 27.1 Å². The minimum Gasteiger partial charge on any atom is -0.356 e. The van der Waals surface area contributed by atoms with Gasteiger partial charge in [0, 0.05) is 37.4 Å². The number of benzene rings is 3. The lowest BCUT2D eigenvalue weighted by Gasteiger charge is -2.12. The van der Waals surface area contributed by atoms with E-state index in [2.05, 4.69) is 70.3 Å². The molecule has 1 aromatic heterocycles. The van der Waals surface area contributed by atoms with Crippen LogP contribution in [0.1, 0.15) is 28.9 Å². The maximum Gasteiger partial charge on any atom is 0.224 e. The van der Waals surface area contributed by atoms with Gasteiger partial charge in [-0.15, -0.1) is 0 Å². The first-order chi connectivity index (χ1) is 16.6. The lowest BCUT2D eigenvalue weighted by Crippen LogP contribution is -2.27. The number of hydrogen-bond acceptors (Lipinski definition) is 4. The number of aromatic nitrogens is 2. The van der Waals surface area contributed by atoms with Gasteiger partial charge in [0.2, 0.25) is 5.91 Å². The lowest BCUT2D eigenvalue weighted by molar-refractivity contribution is -0.120. The molecule has 0 saturated heterocycles. The smallest absolute Gasteiger partial charge is 0.224 e. The molecule has 0 aliphatic rings. The van der Waals surface area contributed by atoms with Gasteiger partial charge in [-0.2, -0.15) is 5.10 Å². The van der Waals surface area contributed by atoms with Gasteiger partial charge < -0.3 is 16.4 Å². The molecule has 0 spiro atoms. The number of fused-ring (bicyclic) bond motifs is 2. The molecule has 6 heteroatoms. The quantitative estimate of drug-likeness (QED) is 0.237. The minimum atomic E-state index is 0.0507. The number of hydrogen-bond donors (Lipinski definition) is 3. The second-order valence-electron chi connectivity index (χ2n) is 8.84. The number of nitrogens with one attached hydrogen (secondary N) is 2. The Kier molecular flexibility index (Phi) is 7.93. The van der Waals surface area contributed by atoms with Crippen molar-refractivity contribution in [2.45, 2.75) is 39.7 Å². The van der Waals surface area contributed by atoms with Gasteiger partial charge in [0.15, 0.2) is 0 Å². The Balaban J connectivity index is 1.35. The van der Waals surface area contributed by atoms with Crippen LogP contribution in [0.25, 0.3) is 21.5 Å². The average molecular weight is 458 g/mol. The SMILES string of the molecule is Cc1nn(CCNCCN)c(C)c1CC(=O)NCCCc1c2ccccc2cc2ccccc12. The van der Waals surface area contributed by atoms with Crippen LogP contribution < -0.4 is 16.4 Å². The molecular weight excluding hydrogens is 422 g/mol. The first-order valence-electron chi connectivity index (χ1n) is 12.2. The van der Waals surface area contributed by atoms with Crippen LogP contribution in [0.3, 0.4) is 0 Å². The second kappa shape index (κ2) is 11.3. The molecule has 4 rings (SSSR count). The minimum absolute atomic E-state index is 0.0507. The number of rotatable bonds is 11. The topological polar surface area (TPSA) is 85.0 Å². The highest BCUT2D eigenvalue weighted by Crippen LogP contribution is 2.29. The first kappa shape index (κ1) is 23.9. The van der Waals surface area contributed by atoms with E-state index in [1.54, 1.807) is 0 Å². The summed E-state index contributed by atoms with van der Waals surface area (Å²) < 4.78 is 1.98. The predicted molar refractivity (Wildman–Crippen MR) is 140 cm³/mol. The van der Waals surface area contributed by atoms with Crippen molar-refractivity contribution in [3.05, 3.63) is 77.1 Å². The largest absolute Gasteiger partial charge is 0.356 e. The maximum atomic E-state index is 12.7. The lowest BCUT2D eigenvalue weighted by atomic mass is 9.94. The molecule has 0 aliphatic carbocycles. The normalized spacial score (nSPS) is 11.4. The van der Waals surface area contributed by atoms with Gasteiger partial charge >= 0.3 is 0 Å². The highest BCUT2D eigenvalue weighted by molar-refractivity contribution is 6.02. The molecule has 0 aliphatic heterocycles. The van der Waals surface area contributed by atoms with Crippen molar-refractivity contribution in [3.63, 3.8) is 0 Å². The third kappa shape index (κ3) is 5.46. The third-order valence-electron chi connectivity index (χ3n) is 6.50. The molecule has 4 N–H and O–H groups in total. The van der Waals surface area contributed by atoms with E-state index in [1.807, 2.05) is 18.5 Å². The maximum absolute atomic E-state index is 12.7. The zero-order chi connectivity index (χ0) is 23.9. The van der Waals surface area contributed by atoms with E-state index < -0.39 is 0 Å². The van der Waals surface area contributed by atoms with Crippen LogP contribution in [0, 0.1) is 13.8 Å². The Hall–Kier alpha value is -3.22. The van der Waals surface area contributed by atoms with Crippen molar-refractivity contribution >= 4 is 27.5 Å². The van der Waals surface area contributed by atoms with Gasteiger partial charge in [-0.1, -0.05) is 48.5 Å². The van der Waals surface area contributed by atoms with Gasteiger partial charge in [0.1, 0.15) is 0 Å². The van der Waals surface area contributed by atoms with Crippen LogP contribution in [0.15, 0.2) is 54.6 Å².